The van der Waals surface area contributed by atoms with Crippen LogP contribution in [0.3, 0.4) is 0 Å². The molecular formula is C46H34. The quantitative estimate of drug-likeness (QED) is 0.193. The fraction of sp³-hybridized carbons (Fsp3) is 0.0870. The molecule has 0 nitrogen and oxygen atoms in total. The first-order valence-electron chi connectivity index (χ1n) is 16.3. The molecule has 0 spiro atoms. The van der Waals surface area contributed by atoms with E-state index in [9.17, 15) is 0 Å². The third-order valence-electron chi connectivity index (χ3n) is 10.2. The molecule has 1 aliphatic rings. The third-order valence-corrected chi connectivity index (χ3v) is 10.2. The molecule has 0 atom stereocenters. The van der Waals surface area contributed by atoms with Gasteiger partial charge in [-0.05, 0) is 133 Å². The Labute approximate surface area is 270 Å². The first-order valence-corrected chi connectivity index (χ1v) is 16.3. The molecule has 0 N–H and O–H groups in total. The second-order valence-corrected chi connectivity index (χ2v) is 13.1. The minimum atomic E-state index is 1.26. The molecule has 218 valence electrons. The Kier molecular flexibility index (Phi) is 5.86. The Morgan fingerprint density at radius 1 is 0.326 bits per heavy atom. The number of fused-ring (bicyclic) bond motifs is 5. The molecule has 0 fully saturated rings. The Morgan fingerprint density at radius 2 is 0.870 bits per heavy atom. The summed E-state index contributed by atoms with van der Waals surface area (Å²) in [7, 11) is 0. The summed E-state index contributed by atoms with van der Waals surface area (Å²) in [5.74, 6) is 0. The topological polar surface area (TPSA) is 0 Å². The Hall–Kier alpha value is -5.46. The van der Waals surface area contributed by atoms with Crippen LogP contribution in [0.25, 0.3) is 88.0 Å². The molecule has 9 rings (SSSR count). The van der Waals surface area contributed by atoms with Crippen LogP contribution in [0, 0.1) is 27.7 Å². The molecule has 0 aromatic heterocycles. The third kappa shape index (κ3) is 3.87. The summed E-state index contributed by atoms with van der Waals surface area (Å²) in [6.45, 7) is 8.94. The molecule has 0 heterocycles. The van der Waals surface area contributed by atoms with Gasteiger partial charge in [-0.15, -0.1) is 0 Å². The zero-order valence-electron chi connectivity index (χ0n) is 26.7. The predicted octanol–water partition coefficient (Wildman–Crippen LogP) is 13.0. The standard InChI is InChI=1S/C46H34/c1-27-16-18-29(3)40(24-27)43-36-12-7-8-13-37(36)44(41-25-28(2)17-19-30(41)4)46-39-23-22-34(35-14-9-15-38(42(35)39)45(43)46)33-21-20-31-10-5-6-11-32(31)26-33/h5-26H,1-4H3. The van der Waals surface area contributed by atoms with Crippen molar-refractivity contribution in [3.63, 3.8) is 0 Å². The summed E-state index contributed by atoms with van der Waals surface area (Å²) in [4.78, 5) is 0. The molecule has 0 aliphatic heterocycles. The van der Waals surface area contributed by atoms with Gasteiger partial charge in [0.2, 0.25) is 0 Å². The van der Waals surface area contributed by atoms with E-state index in [-0.39, 0.29) is 0 Å². The van der Waals surface area contributed by atoms with Crippen LogP contribution in [-0.2, 0) is 0 Å². The summed E-state index contributed by atoms with van der Waals surface area (Å²) in [5.41, 5.74) is 18.4. The Bertz CT molecular complexity index is 2460. The highest BCUT2D eigenvalue weighted by Gasteiger charge is 2.32. The van der Waals surface area contributed by atoms with Crippen LogP contribution >= 0.6 is 0 Å². The summed E-state index contributed by atoms with van der Waals surface area (Å²) in [6, 6.07) is 50.1. The average molecular weight is 587 g/mol. The smallest absolute Gasteiger partial charge is 0.000730 e. The largest absolute Gasteiger partial charge is 0.0616 e. The maximum Gasteiger partial charge on any atom is -0.000730 e. The van der Waals surface area contributed by atoms with Crippen molar-refractivity contribution in [3.8, 4) is 55.6 Å². The lowest BCUT2D eigenvalue weighted by molar-refractivity contribution is 1.39. The van der Waals surface area contributed by atoms with Crippen molar-refractivity contribution in [1.29, 1.82) is 0 Å². The average Bonchev–Trinajstić information content (AvgIpc) is 3.41. The van der Waals surface area contributed by atoms with Crippen molar-refractivity contribution in [2.24, 2.45) is 0 Å². The van der Waals surface area contributed by atoms with Gasteiger partial charge in [-0.2, -0.15) is 0 Å². The van der Waals surface area contributed by atoms with E-state index in [0.29, 0.717) is 0 Å². The van der Waals surface area contributed by atoms with Crippen LogP contribution < -0.4 is 0 Å². The van der Waals surface area contributed by atoms with Crippen molar-refractivity contribution in [3.05, 3.63) is 156 Å². The van der Waals surface area contributed by atoms with Crippen molar-refractivity contribution in [2.45, 2.75) is 27.7 Å². The SMILES string of the molecule is Cc1ccc(C)c(-c2c3c(c(-c4cc(C)ccc4C)c4ccccc24)-c2ccc(-c4ccc5ccccc5c4)c4cccc-3c24)c1. The molecule has 1 aliphatic carbocycles. The molecule has 0 radical (unpaired) electrons. The zero-order valence-corrected chi connectivity index (χ0v) is 26.7. The molecule has 46 heavy (non-hydrogen) atoms. The van der Waals surface area contributed by atoms with Crippen molar-refractivity contribution in [1.82, 2.24) is 0 Å². The van der Waals surface area contributed by atoms with Gasteiger partial charge in [-0.1, -0.05) is 139 Å². The van der Waals surface area contributed by atoms with Crippen molar-refractivity contribution < 1.29 is 0 Å². The van der Waals surface area contributed by atoms with Crippen LogP contribution in [0.5, 0.6) is 0 Å². The van der Waals surface area contributed by atoms with Crippen LogP contribution in [0.15, 0.2) is 133 Å². The summed E-state index contributed by atoms with van der Waals surface area (Å²) in [6.07, 6.45) is 0. The van der Waals surface area contributed by atoms with Gasteiger partial charge < -0.3 is 0 Å². The molecule has 0 saturated carbocycles. The summed E-state index contributed by atoms with van der Waals surface area (Å²) >= 11 is 0. The second-order valence-electron chi connectivity index (χ2n) is 13.1. The molecule has 8 aromatic carbocycles. The van der Waals surface area contributed by atoms with Crippen LogP contribution in [0.4, 0.5) is 0 Å². The maximum atomic E-state index is 2.40. The highest BCUT2D eigenvalue weighted by molar-refractivity contribution is 6.29. The number of hydrogen-bond donors (Lipinski definition) is 0. The van der Waals surface area contributed by atoms with Gasteiger partial charge in [0.15, 0.2) is 0 Å². The Morgan fingerprint density at radius 3 is 1.52 bits per heavy atom. The lowest BCUT2D eigenvalue weighted by atomic mass is 9.80. The first-order chi connectivity index (χ1) is 22.5. The van der Waals surface area contributed by atoms with E-state index >= 15 is 0 Å². The van der Waals surface area contributed by atoms with Crippen LogP contribution in [0.2, 0.25) is 0 Å². The van der Waals surface area contributed by atoms with Crippen molar-refractivity contribution in [2.75, 3.05) is 0 Å². The van der Waals surface area contributed by atoms with E-state index in [4.69, 9.17) is 0 Å². The van der Waals surface area contributed by atoms with Gasteiger partial charge in [-0.25, -0.2) is 0 Å². The minimum absolute atomic E-state index is 1.26. The van der Waals surface area contributed by atoms with Crippen LogP contribution in [0.1, 0.15) is 22.3 Å². The van der Waals surface area contributed by atoms with E-state index in [1.165, 1.54) is 110 Å². The summed E-state index contributed by atoms with van der Waals surface area (Å²) < 4.78 is 0. The molecule has 0 heteroatoms. The number of aryl methyl sites for hydroxylation is 4. The van der Waals surface area contributed by atoms with Gasteiger partial charge in [0.05, 0.1) is 0 Å². The van der Waals surface area contributed by atoms with Gasteiger partial charge in [-0.3, -0.25) is 0 Å². The fourth-order valence-electron chi connectivity index (χ4n) is 7.98. The maximum absolute atomic E-state index is 2.40. The van der Waals surface area contributed by atoms with E-state index in [0.717, 1.165) is 0 Å². The van der Waals surface area contributed by atoms with E-state index < -0.39 is 0 Å². The molecule has 8 aromatic rings. The minimum Gasteiger partial charge on any atom is -0.0616 e. The monoisotopic (exact) mass is 586 g/mol. The normalized spacial score (nSPS) is 11.9. The highest BCUT2D eigenvalue weighted by atomic mass is 14.3. The summed E-state index contributed by atoms with van der Waals surface area (Å²) in [5, 5.41) is 7.83. The van der Waals surface area contributed by atoms with E-state index in [1.54, 1.807) is 0 Å². The number of rotatable bonds is 3. The van der Waals surface area contributed by atoms with E-state index in [2.05, 4.69) is 161 Å². The lowest BCUT2D eigenvalue weighted by Gasteiger charge is -2.22. The second kappa shape index (κ2) is 10.0. The predicted molar refractivity (Wildman–Crippen MR) is 199 cm³/mol. The zero-order chi connectivity index (χ0) is 31.1. The van der Waals surface area contributed by atoms with Crippen molar-refractivity contribution >= 4 is 32.3 Å². The fourth-order valence-corrected chi connectivity index (χ4v) is 7.98. The molecule has 0 unspecified atom stereocenters. The molecular weight excluding hydrogens is 553 g/mol. The van der Waals surface area contributed by atoms with Crippen LogP contribution in [-0.4, -0.2) is 0 Å². The molecule has 0 bridgehead atoms. The van der Waals surface area contributed by atoms with Gasteiger partial charge >= 0.3 is 0 Å². The first kappa shape index (κ1) is 26.9. The van der Waals surface area contributed by atoms with Gasteiger partial charge in [0, 0.05) is 0 Å². The lowest BCUT2D eigenvalue weighted by Crippen LogP contribution is -1.96. The van der Waals surface area contributed by atoms with E-state index in [1.807, 2.05) is 0 Å². The van der Waals surface area contributed by atoms with Gasteiger partial charge in [0.1, 0.15) is 0 Å². The molecule has 0 saturated heterocycles. The van der Waals surface area contributed by atoms with Gasteiger partial charge in [0.25, 0.3) is 0 Å². The molecule has 0 amide bonds. The Balaban J connectivity index is 1.46. The highest BCUT2D eigenvalue weighted by Crippen LogP contribution is 2.59. The number of hydrogen-bond acceptors (Lipinski definition) is 0. The number of benzene rings is 8.